The van der Waals surface area contributed by atoms with Crippen LogP contribution in [0.4, 0.5) is 8.78 Å². The summed E-state index contributed by atoms with van der Waals surface area (Å²) < 4.78 is 49.2. The largest absolute Gasteiger partial charge is 0.351 e. The molecule has 0 saturated carbocycles. The van der Waals surface area contributed by atoms with E-state index in [0.29, 0.717) is 32.0 Å². The standard InChI is InChI=1S/C19H24F2O4/c1-2-3-4-5-13-9-22-19(23-10-13)15-11-24-18(25-12-15)14-6-7-16(20)17(21)8-14/h4-8,13,15,18-19H,2-3,9-12H2,1H3/b5-4+/t13-,15-,18-,19-. The lowest BCUT2D eigenvalue weighted by Gasteiger charge is -2.37. The lowest BCUT2D eigenvalue weighted by molar-refractivity contribution is -0.280. The van der Waals surface area contributed by atoms with Crippen molar-refractivity contribution >= 4 is 0 Å². The van der Waals surface area contributed by atoms with E-state index in [1.54, 1.807) is 0 Å². The number of unbranched alkanes of at least 4 members (excludes halogenated alkanes) is 1. The number of allylic oxidation sites excluding steroid dienone is 1. The SMILES string of the molecule is CCC/C=C/[C@H]1CO[C@H]([C@H]2CO[C@H](c3ccc(F)c(F)c3)OC2)OC1. The third-order valence-corrected chi connectivity index (χ3v) is 4.34. The molecular formula is C19H24F2O4. The summed E-state index contributed by atoms with van der Waals surface area (Å²) in [5.41, 5.74) is 0.462. The van der Waals surface area contributed by atoms with Gasteiger partial charge in [0.1, 0.15) is 0 Å². The van der Waals surface area contributed by atoms with E-state index in [9.17, 15) is 8.78 Å². The number of hydrogen-bond donors (Lipinski definition) is 0. The summed E-state index contributed by atoms with van der Waals surface area (Å²) >= 11 is 0. The Hall–Kier alpha value is -1.34. The molecule has 0 bridgehead atoms. The Balaban J connectivity index is 1.46. The number of rotatable bonds is 5. The van der Waals surface area contributed by atoms with Gasteiger partial charge in [0.2, 0.25) is 0 Å². The average molecular weight is 354 g/mol. The lowest BCUT2D eigenvalue weighted by atomic mass is 10.1. The number of benzene rings is 1. The smallest absolute Gasteiger partial charge is 0.183 e. The van der Waals surface area contributed by atoms with Crippen LogP contribution in [0.2, 0.25) is 0 Å². The van der Waals surface area contributed by atoms with E-state index in [0.717, 1.165) is 25.0 Å². The molecule has 2 heterocycles. The summed E-state index contributed by atoms with van der Waals surface area (Å²) in [4.78, 5) is 0. The minimum atomic E-state index is -0.909. The maximum atomic E-state index is 13.3. The second kappa shape index (κ2) is 8.85. The summed E-state index contributed by atoms with van der Waals surface area (Å²) in [5, 5.41) is 0. The van der Waals surface area contributed by atoms with Crippen molar-refractivity contribution in [1.29, 1.82) is 0 Å². The van der Waals surface area contributed by atoms with Crippen LogP contribution in [-0.4, -0.2) is 32.7 Å². The molecule has 0 aliphatic carbocycles. The Morgan fingerprint density at radius 2 is 1.72 bits per heavy atom. The predicted molar refractivity (Wildman–Crippen MR) is 87.7 cm³/mol. The van der Waals surface area contributed by atoms with Crippen LogP contribution in [0, 0.1) is 23.5 Å². The topological polar surface area (TPSA) is 36.9 Å². The number of halogens is 2. The van der Waals surface area contributed by atoms with Gasteiger partial charge in [0, 0.05) is 11.5 Å². The minimum Gasteiger partial charge on any atom is -0.351 e. The van der Waals surface area contributed by atoms with Crippen LogP contribution >= 0.6 is 0 Å². The van der Waals surface area contributed by atoms with E-state index in [-0.39, 0.29) is 18.1 Å². The van der Waals surface area contributed by atoms with Gasteiger partial charge in [-0.25, -0.2) is 8.78 Å². The Morgan fingerprint density at radius 3 is 2.36 bits per heavy atom. The van der Waals surface area contributed by atoms with Crippen LogP contribution in [0.1, 0.15) is 31.6 Å². The van der Waals surface area contributed by atoms with Crippen molar-refractivity contribution in [3.05, 3.63) is 47.5 Å². The Labute approximate surface area is 146 Å². The van der Waals surface area contributed by atoms with Crippen molar-refractivity contribution in [3.8, 4) is 0 Å². The zero-order valence-corrected chi connectivity index (χ0v) is 14.3. The average Bonchev–Trinajstić information content (AvgIpc) is 2.65. The van der Waals surface area contributed by atoms with Gasteiger partial charge in [-0.15, -0.1) is 0 Å². The predicted octanol–water partition coefficient (Wildman–Crippen LogP) is 3.97. The Kier molecular flexibility index (Phi) is 6.53. The van der Waals surface area contributed by atoms with Crippen molar-refractivity contribution in [2.45, 2.75) is 32.3 Å². The zero-order valence-electron chi connectivity index (χ0n) is 14.3. The Bertz CT molecular complexity index is 577. The van der Waals surface area contributed by atoms with Crippen molar-refractivity contribution in [1.82, 2.24) is 0 Å². The fraction of sp³-hybridized carbons (Fsp3) is 0.579. The highest BCUT2D eigenvalue weighted by Crippen LogP contribution is 2.29. The summed E-state index contributed by atoms with van der Waals surface area (Å²) in [7, 11) is 0. The molecule has 0 atom stereocenters. The second-order valence-electron chi connectivity index (χ2n) is 6.44. The molecule has 25 heavy (non-hydrogen) atoms. The highest BCUT2D eigenvalue weighted by Gasteiger charge is 2.33. The third-order valence-electron chi connectivity index (χ3n) is 4.34. The second-order valence-corrected chi connectivity index (χ2v) is 6.44. The van der Waals surface area contributed by atoms with E-state index in [1.165, 1.54) is 6.07 Å². The number of ether oxygens (including phenoxy) is 4. The number of hydrogen-bond acceptors (Lipinski definition) is 4. The van der Waals surface area contributed by atoms with Crippen molar-refractivity contribution in [3.63, 3.8) is 0 Å². The molecule has 2 aliphatic heterocycles. The fourth-order valence-corrected chi connectivity index (χ4v) is 2.90. The van der Waals surface area contributed by atoms with Gasteiger partial charge < -0.3 is 18.9 Å². The first kappa shape index (κ1) is 18.5. The van der Waals surface area contributed by atoms with Gasteiger partial charge in [-0.1, -0.05) is 31.6 Å². The van der Waals surface area contributed by atoms with E-state index < -0.39 is 17.9 Å². The van der Waals surface area contributed by atoms with Crippen molar-refractivity contribution in [2.24, 2.45) is 11.8 Å². The summed E-state index contributed by atoms with van der Waals surface area (Å²) in [6, 6.07) is 3.63. The molecule has 0 radical (unpaired) electrons. The van der Waals surface area contributed by atoms with E-state index in [1.807, 2.05) is 0 Å². The van der Waals surface area contributed by atoms with Crippen molar-refractivity contribution in [2.75, 3.05) is 26.4 Å². The highest BCUT2D eigenvalue weighted by atomic mass is 19.2. The molecule has 2 aliphatic rings. The van der Waals surface area contributed by atoms with Gasteiger partial charge >= 0.3 is 0 Å². The molecule has 0 N–H and O–H groups in total. The Morgan fingerprint density at radius 1 is 1.00 bits per heavy atom. The summed E-state index contributed by atoms with van der Waals surface area (Å²) in [5.74, 6) is -1.55. The van der Waals surface area contributed by atoms with Crippen molar-refractivity contribution < 1.29 is 27.7 Å². The lowest BCUT2D eigenvalue weighted by Crippen LogP contribution is -2.42. The molecule has 4 nitrogen and oxygen atoms in total. The molecule has 2 fully saturated rings. The van der Waals surface area contributed by atoms with Gasteiger partial charge in [-0.05, 0) is 18.6 Å². The first-order valence-electron chi connectivity index (χ1n) is 8.75. The van der Waals surface area contributed by atoms with Gasteiger partial charge in [-0.3, -0.25) is 0 Å². The quantitative estimate of drug-likeness (QED) is 0.750. The minimum absolute atomic E-state index is 0.0397. The van der Waals surface area contributed by atoms with Crippen LogP contribution in [0.5, 0.6) is 0 Å². The van der Waals surface area contributed by atoms with Crippen LogP contribution < -0.4 is 0 Å². The molecule has 6 heteroatoms. The molecule has 138 valence electrons. The fourth-order valence-electron chi connectivity index (χ4n) is 2.90. The van der Waals surface area contributed by atoms with Crippen LogP contribution in [0.25, 0.3) is 0 Å². The zero-order chi connectivity index (χ0) is 17.6. The van der Waals surface area contributed by atoms with Crippen LogP contribution in [0.15, 0.2) is 30.4 Å². The molecule has 1 aromatic rings. The van der Waals surface area contributed by atoms with Gasteiger partial charge in [-0.2, -0.15) is 0 Å². The van der Waals surface area contributed by atoms with E-state index in [4.69, 9.17) is 18.9 Å². The molecule has 0 unspecified atom stereocenters. The molecular weight excluding hydrogens is 330 g/mol. The normalized spacial score (nSPS) is 30.7. The monoisotopic (exact) mass is 354 g/mol. The maximum absolute atomic E-state index is 13.3. The van der Waals surface area contributed by atoms with Gasteiger partial charge in [0.05, 0.1) is 32.3 Å². The van der Waals surface area contributed by atoms with Gasteiger partial charge in [0.25, 0.3) is 0 Å². The summed E-state index contributed by atoms with van der Waals surface area (Å²) in [6.45, 7) is 4.14. The third kappa shape index (κ3) is 4.85. The maximum Gasteiger partial charge on any atom is 0.183 e. The first-order chi connectivity index (χ1) is 12.2. The summed E-state index contributed by atoms with van der Waals surface area (Å²) in [6.07, 6.45) is 5.45. The van der Waals surface area contributed by atoms with E-state index in [2.05, 4.69) is 19.1 Å². The molecule has 2 saturated heterocycles. The molecule has 0 aromatic heterocycles. The first-order valence-corrected chi connectivity index (χ1v) is 8.75. The van der Waals surface area contributed by atoms with Crippen LogP contribution in [0.3, 0.4) is 0 Å². The molecule has 1 aromatic carbocycles. The molecule has 3 rings (SSSR count). The van der Waals surface area contributed by atoms with E-state index >= 15 is 0 Å². The highest BCUT2D eigenvalue weighted by molar-refractivity contribution is 5.19. The molecule has 0 spiro atoms. The van der Waals surface area contributed by atoms with Crippen LogP contribution in [-0.2, 0) is 18.9 Å². The van der Waals surface area contributed by atoms with Gasteiger partial charge in [0.15, 0.2) is 24.2 Å². The molecule has 0 amide bonds.